The van der Waals surface area contributed by atoms with Crippen LogP contribution in [-0.2, 0) is 4.84 Å². The molecule has 0 radical (unpaired) electrons. The first-order valence-electron chi connectivity index (χ1n) is 4.52. The highest BCUT2D eigenvalue weighted by Gasteiger charge is 2.22. The molecule has 0 saturated carbocycles. The van der Waals surface area contributed by atoms with Crippen LogP contribution in [0.3, 0.4) is 0 Å². The molecule has 1 aromatic carbocycles. The van der Waals surface area contributed by atoms with Crippen LogP contribution in [-0.4, -0.2) is 13.7 Å². The average molecular weight is 214 g/mol. The molecule has 0 bridgehead atoms. The molecule has 1 aliphatic rings. The van der Waals surface area contributed by atoms with Crippen LogP contribution < -0.4 is 10.2 Å². The third kappa shape index (κ3) is 1.71. The molecule has 4 heteroatoms. The lowest BCUT2D eigenvalue weighted by atomic mass is 10.0. The lowest BCUT2D eigenvalue weighted by Gasteiger charge is -2.26. The number of hydrogen-bond acceptors (Lipinski definition) is 3. The van der Waals surface area contributed by atoms with Gasteiger partial charge < -0.3 is 9.57 Å². The summed E-state index contributed by atoms with van der Waals surface area (Å²) in [6, 6.07) is 5.91. The fourth-order valence-electron chi connectivity index (χ4n) is 1.65. The van der Waals surface area contributed by atoms with Gasteiger partial charge in [0.1, 0.15) is 5.75 Å². The van der Waals surface area contributed by atoms with Gasteiger partial charge >= 0.3 is 0 Å². The molecule has 1 N–H and O–H groups in total. The van der Waals surface area contributed by atoms with Gasteiger partial charge in [0.05, 0.1) is 24.8 Å². The highest BCUT2D eigenvalue weighted by Crippen LogP contribution is 2.37. The van der Waals surface area contributed by atoms with Crippen LogP contribution in [0.1, 0.15) is 18.0 Å². The summed E-state index contributed by atoms with van der Waals surface area (Å²) in [5.74, 6) is 0.773. The number of hydrogen-bond donors (Lipinski definition) is 1. The number of nitrogens with one attached hydrogen (secondary N) is 1. The minimum atomic E-state index is 0.169. The Labute approximate surface area is 87.9 Å². The molecule has 14 heavy (non-hydrogen) atoms. The Morgan fingerprint density at radius 3 is 3.21 bits per heavy atom. The monoisotopic (exact) mass is 213 g/mol. The van der Waals surface area contributed by atoms with E-state index in [2.05, 4.69) is 5.48 Å². The van der Waals surface area contributed by atoms with Crippen molar-refractivity contribution in [1.29, 1.82) is 0 Å². The molecule has 1 heterocycles. The lowest BCUT2D eigenvalue weighted by molar-refractivity contribution is 0.0463. The summed E-state index contributed by atoms with van der Waals surface area (Å²) >= 11 is 6.01. The molecule has 76 valence electrons. The lowest BCUT2D eigenvalue weighted by Crippen LogP contribution is -2.26. The van der Waals surface area contributed by atoms with Crippen LogP contribution in [0.2, 0.25) is 5.02 Å². The standard InChI is InChI=1S/C10H12ClNO2/c1-13-12-9-5-6-14-10-7(9)3-2-4-8(10)11/h2-4,9,12H,5-6H2,1H3. The second kappa shape index (κ2) is 4.17. The fraction of sp³-hybridized carbons (Fsp3) is 0.400. The molecule has 0 aromatic heterocycles. The summed E-state index contributed by atoms with van der Waals surface area (Å²) in [4.78, 5) is 4.93. The summed E-state index contributed by atoms with van der Waals surface area (Å²) in [6.07, 6.45) is 0.890. The van der Waals surface area contributed by atoms with Crippen molar-refractivity contribution in [3.63, 3.8) is 0 Å². The van der Waals surface area contributed by atoms with Crippen LogP contribution in [0.5, 0.6) is 5.75 Å². The maximum absolute atomic E-state index is 6.01. The maximum Gasteiger partial charge on any atom is 0.142 e. The van der Waals surface area contributed by atoms with Gasteiger partial charge in [0, 0.05) is 12.0 Å². The summed E-state index contributed by atoms with van der Waals surface area (Å²) in [5, 5.41) is 0.658. The summed E-state index contributed by atoms with van der Waals surface area (Å²) in [6.45, 7) is 0.664. The minimum absolute atomic E-state index is 0.169. The number of fused-ring (bicyclic) bond motifs is 1. The molecule has 2 rings (SSSR count). The molecule has 0 aliphatic carbocycles. The highest BCUT2D eigenvalue weighted by molar-refractivity contribution is 6.32. The van der Waals surface area contributed by atoms with Crippen LogP contribution >= 0.6 is 11.6 Å². The topological polar surface area (TPSA) is 30.5 Å². The smallest absolute Gasteiger partial charge is 0.142 e. The summed E-state index contributed by atoms with van der Waals surface area (Å²) in [7, 11) is 1.61. The van der Waals surface area contributed by atoms with E-state index in [1.54, 1.807) is 7.11 Å². The van der Waals surface area contributed by atoms with Crippen molar-refractivity contribution >= 4 is 11.6 Å². The average Bonchev–Trinajstić information content (AvgIpc) is 2.20. The molecule has 0 amide bonds. The normalized spacial score (nSPS) is 20.0. The Hall–Kier alpha value is -0.770. The van der Waals surface area contributed by atoms with Crippen molar-refractivity contribution < 1.29 is 9.57 Å². The van der Waals surface area contributed by atoms with Crippen molar-refractivity contribution in [3.8, 4) is 5.75 Å². The number of rotatable bonds is 2. The summed E-state index contributed by atoms with van der Waals surface area (Å²) < 4.78 is 5.50. The zero-order chi connectivity index (χ0) is 9.97. The van der Waals surface area contributed by atoms with Crippen molar-refractivity contribution in [2.75, 3.05) is 13.7 Å². The molecule has 3 nitrogen and oxygen atoms in total. The molecule has 1 unspecified atom stereocenters. The fourth-order valence-corrected chi connectivity index (χ4v) is 1.89. The Morgan fingerprint density at radius 1 is 1.57 bits per heavy atom. The Morgan fingerprint density at radius 2 is 2.43 bits per heavy atom. The molecule has 1 atom stereocenters. The van der Waals surface area contributed by atoms with Crippen molar-refractivity contribution in [2.24, 2.45) is 0 Å². The van der Waals surface area contributed by atoms with E-state index in [-0.39, 0.29) is 6.04 Å². The molecule has 0 saturated heterocycles. The van der Waals surface area contributed by atoms with Gasteiger partial charge in [-0.15, -0.1) is 0 Å². The molecular formula is C10H12ClNO2. The first-order valence-corrected chi connectivity index (χ1v) is 4.90. The van der Waals surface area contributed by atoms with Crippen LogP contribution in [0.25, 0.3) is 0 Å². The van der Waals surface area contributed by atoms with E-state index in [9.17, 15) is 0 Å². The van der Waals surface area contributed by atoms with Gasteiger partial charge in [0.15, 0.2) is 0 Å². The predicted octanol–water partition coefficient (Wildman–Crippen LogP) is 2.31. The third-order valence-corrected chi connectivity index (χ3v) is 2.58. The van der Waals surface area contributed by atoms with E-state index < -0.39 is 0 Å². The largest absolute Gasteiger partial charge is 0.492 e. The van der Waals surface area contributed by atoms with E-state index in [4.69, 9.17) is 21.2 Å². The molecule has 0 spiro atoms. The number of ether oxygens (including phenoxy) is 1. The van der Waals surface area contributed by atoms with Crippen molar-refractivity contribution in [3.05, 3.63) is 28.8 Å². The number of para-hydroxylation sites is 1. The molecular weight excluding hydrogens is 202 g/mol. The van der Waals surface area contributed by atoms with E-state index in [0.717, 1.165) is 17.7 Å². The Bertz CT molecular complexity index is 330. The van der Waals surface area contributed by atoms with Crippen LogP contribution in [0, 0.1) is 0 Å². The second-order valence-corrected chi connectivity index (χ2v) is 3.58. The third-order valence-electron chi connectivity index (χ3n) is 2.29. The Kier molecular flexibility index (Phi) is 2.91. The zero-order valence-electron chi connectivity index (χ0n) is 7.92. The maximum atomic E-state index is 6.01. The van der Waals surface area contributed by atoms with Gasteiger partial charge in [-0.3, -0.25) is 0 Å². The quantitative estimate of drug-likeness (QED) is 0.765. The molecule has 1 aromatic rings. The minimum Gasteiger partial charge on any atom is -0.492 e. The molecule has 0 fully saturated rings. The SMILES string of the molecule is CONC1CCOc2c(Cl)cccc21. The first kappa shape index (κ1) is 9.77. The van der Waals surface area contributed by atoms with Gasteiger partial charge in [-0.05, 0) is 6.07 Å². The van der Waals surface area contributed by atoms with E-state index in [1.165, 1.54) is 0 Å². The summed E-state index contributed by atoms with van der Waals surface area (Å²) in [5.41, 5.74) is 3.99. The zero-order valence-corrected chi connectivity index (χ0v) is 8.67. The van der Waals surface area contributed by atoms with Crippen molar-refractivity contribution in [1.82, 2.24) is 5.48 Å². The second-order valence-electron chi connectivity index (χ2n) is 3.17. The Balaban J connectivity index is 2.34. The predicted molar refractivity (Wildman–Crippen MR) is 54.4 cm³/mol. The number of benzene rings is 1. The number of halogens is 1. The highest BCUT2D eigenvalue weighted by atomic mass is 35.5. The van der Waals surface area contributed by atoms with Gasteiger partial charge in [-0.25, -0.2) is 0 Å². The van der Waals surface area contributed by atoms with Gasteiger partial charge in [0.25, 0.3) is 0 Å². The van der Waals surface area contributed by atoms with Gasteiger partial charge in [0.2, 0.25) is 0 Å². The van der Waals surface area contributed by atoms with Gasteiger partial charge in [-0.1, -0.05) is 23.7 Å². The van der Waals surface area contributed by atoms with Gasteiger partial charge in [-0.2, -0.15) is 5.48 Å². The first-order chi connectivity index (χ1) is 6.83. The van der Waals surface area contributed by atoms with E-state index in [0.29, 0.717) is 11.6 Å². The van der Waals surface area contributed by atoms with Crippen molar-refractivity contribution in [2.45, 2.75) is 12.5 Å². The van der Waals surface area contributed by atoms with E-state index in [1.807, 2.05) is 18.2 Å². The van der Waals surface area contributed by atoms with E-state index >= 15 is 0 Å². The number of hydroxylamine groups is 1. The van der Waals surface area contributed by atoms with Crippen LogP contribution in [0.4, 0.5) is 0 Å². The van der Waals surface area contributed by atoms with Crippen LogP contribution in [0.15, 0.2) is 18.2 Å². The molecule has 1 aliphatic heterocycles.